The molecule has 2 atom stereocenters. The standard InChI is InChI=1S/C31H36N2O4/c1-36-27-17-14-26(15-18-27)23-33(30(34)19-16-24-9-4-2-5-10-24)29(21-25-11-6-3-7-12-25)31(35)32-22-28-13-8-20-37-28/h2-7,9-12,14-15,17-18,28-29H,8,13,16,19-23H2,1H3,(H,32,35). The van der Waals surface area contributed by atoms with Crippen molar-refractivity contribution in [2.24, 2.45) is 0 Å². The maximum Gasteiger partial charge on any atom is 0.243 e. The molecular weight excluding hydrogens is 464 g/mol. The van der Waals surface area contributed by atoms with E-state index in [0.29, 0.717) is 32.4 Å². The van der Waals surface area contributed by atoms with Crippen LogP contribution in [0.5, 0.6) is 5.75 Å². The lowest BCUT2D eigenvalue weighted by Crippen LogP contribution is -2.51. The number of amides is 2. The van der Waals surface area contributed by atoms with Gasteiger partial charge in [0.05, 0.1) is 13.2 Å². The van der Waals surface area contributed by atoms with Crippen LogP contribution in [0, 0.1) is 0 Å². The SMILES string of the molecule is COc1ccc(CN(C(=O)CCc2ccccc2)C(Cc2ccccc2)C(=O)NCC2CCCO2)cc1. The molecule has 1 heterocycles. The third kappa shape index (κ3) is 7.92. The van der Waals surface area contributed by atoms with Crippen molar-refractivity contribution >= 4 is 11.8 Å². The third-order valence-electron chi connectivity index (χ3n) is 6.78. The minimum absolute atomic E-state index is 0.0325. The highest BCUT2D eigenvalue weighted by molar-refractivity contribution is 5.88. The maximum atomic E-state index is 13.7. The van der Waals surface area contributed by atoms with Crippen LogP contribution in [0.25, 0.3) is 0 Å². The fourth-order valence-electron chi connectivity index (χ4n) is 4.66. The Morgan fingerprint density at radius 1 is 0.946 bits per heavy atom. The van der Waals surface area contributed by atoms with Gasteiger partial charge in [-0.25, -0.2) is 0 Å². The van der Waals surface area contributed by atoms with Gasteiger partial charge in [0.2, 0.25) is 11.8 Å². The average Bonchev–Trinajstić information content (AvgIpc) is 3.47. The molecular formula is C31H36N2O4. The Morgan fingerprint density at radius 3 is 2.24 bits per heavy atom. The first-order valence-corrected chi connectivity index (χ1v) is 13.0. The Hall–Kier alpha value is -3.64. The predicted molar refractivity (Wildman–Crippen MR) is 144 cm³/mol. The van der Waals surface area contributed by atoms with E-state index >= 15 is 0 Å². The molecule has 6 nitrogen and oxygen atoms in total. The van der Waals surface area contributed by atoms with Gasteiger partial charge in [-0.3, -0.25) is 9.59 Å². The summed E-state index contributed by atoms with van der Waals surface area (Å²) in [6.07, 6.45) is 3.36. The van der Waals surface area contributed by atoms with Gasteiger partial charge in [-0.15, -0.1) is 0 Å². The number of hydrogen-bond donors (Lipinski definition) is 1. The molecule has 194 valence electrons. The van der Waals surface area contributed by atoms with E-state index in [1.165, 1.54) is 0 Å². The molecule has 1 aliphatic rings. The van der Waals surface area contributed by atoms with Crippen molar-refractivity contribution in [3.63, 3.8) is 0 Å². The van der Waals surface area contributed by atoms with Crippen LogP contribution in [0.15, 0.2) is 84.9 Å². The van der Waals surface area contributed by atoms with E-state index < -0.39 is 6.04 Å². The van der Waals surface area contributed by atoms with Gasteiger partial charge < -0.3 is 19.7 Å². The van der Waals surface area contributed by atoms with Crippen molar-refractivity contribution in [2.75, 3.05) is 20.3 Å². The number of rotatable bonds is 12. The summed E-state index contributed by atoms with van der Waals surface area (Å²) in [5.41, 5.74) is 3.05. The minimum Gasteiger partial charge on any atom is -0.497 e. The van der Waals surface area contributed by atoms with Crippen molar-refractivity contribution in [3.8, 4) is 5.75 Å². The Morgan fingerprint density at radius 2 is 1.62 bits per heavy atom. The highest BCUT2D eigenvalue weighted by Crippen LogP contribution is 2.19. The molecule has 0 aliphatic carbocycles. The largest absolute Gasteiger partial charge is 0.497 e. The summed E-state index contributed by atoms with van der Waals surface area (Å²) in [6, 6.07) is 26.9. The first kappa shape index (κ1) is 26.4. The van der Waals surface area contributed by atoms with Crippen LogP contribution in [0.3, 0.4) is 0 Å². The van der Waals surface area contributed by atoms with Crippen LogP contribution in [-0.4, -0.2) is 49.1 Å². The molecule has 0 radical (unpaired) electrons. The van der Waals surface area contributed by atoms with Gasteiger partial charge in [-0.1, -0.05) is 72.8 Å². The lowest BCUT2D eigenvalue weighted by molar-refractivity contribution is -0.141. The van der Waals surface area contributed by atoms with Gasteiger partial charge in [-0.05, 0) is 48.1 Å². The predicted octanol–water partition coefficient (Wildman–Crippen LogP) is 4.56. The van der Waals surface area contributed by atoms with Crippen molar-refractivity contribution < 1.29 is 19.1 Å². The van der Waals surface area contributed by atoms with Crippen LogP contribution in [0.1, 0.15) is 36.0 Å². The van der Waals surface area contributed by atoms with Crippen LogP contribution in [-0.2, 0) is 33.7 Å². The molecule has 0 saturated carbocycles. The Bertz CT molecular complexity index is 1110. The lowest BCUT2D eigenvalue weighted by Gasteiger charge is -2.32. The van der Waals surface area contributed by atoms with E-state index in [1.54, 1.807) is 12.0 Å². The zero-order chi connectivity index (χ0) is 25.9. The molecule has 4 rings (SSSR count). The second-order valence-electron chi connectivity index (χ2n) is 9.44. The fourth-order valence-corrected chi connectivity index (χ4v) is 4.66. The molecule has 1 saturated heterocycles. The zero-order valence-corrected chi connectivity index (χ0v) is 21.5. The number of nitrogens with one attached hydrogen (secondary N) is 1. The second kappa shape index (κ2) is 13.6. The van der Waals surface area contributed by atoms with Crippen molar-refractivity contribution in [3.05, 3.63) is 102 Å². The first-order valence-electron chi connectivity index (χ1n) is 13.0. The monoisotopic (exact) mass is 500 g/mol. The fraction of sp³-hybridized carbons (Fsp3) is 0.355. The summed E-state index contributed by atoms with van der Waals surface area (Å²) in [5.74, 6) is 0.551. The number of hydrogen-bond acceptors (Lipinski definition) is 4. The van der Waals surface area contributed by atoms with Gasteiger partial charge in [-0.2, -0.15) is 0 Å². The normalized spacial score (nSPS) is 15.6. The van der Waals surface area contributed by atoms with E-state index in [9.17, 15) is 9.59 Å². The number of methoxy groups -OCH3 is 1. The molecule has 3 aromatic carbocycles. The number of carbonyl (C=O) groups excluding carboxylic acids is 2. The van der Waals surface area contributed by atoms with Crippen LogP contribution < -0.4 is 10.1 Å². The molecule has 0 bridgehead atoms. The molecule has 2 unspecified atom stereocenters. The summed E-state index contributed by atoms with van der Waals surface area (Å²) < 4.78 is 11.0. The highest BCUT2D eigenvalue weighted by Gasteiger charge is 2.31. The lowest BCUT2D eigenvalue weighted by atomic mass is 10.0. The summed E-state index contributed by atoms with van der Waals surface area (Å²) in [7, 11) is 1.63. The van der Waals surface area contributed by atoms with E-state index in [1.807, 2.05) is 84.9 Å². The molecule has 1 N–H and O–H groups in total. The van der Waals surface area contributed by atoms with Crippen LogP contribution >= 0.6 is 0 Å². The number of nitrogens with zero attached hydrogens (tertiary/aromatic N) is 1. The van der Waals surface area contributed by atoms with Gasteiger partial charge >= 0.3 is 0 Å². The van der Waals surface area contributed by atoms with E-state index in [-0.39, 0.29) is 17.9 Å². The molecule has 1 fully saturated rings. The van der Waals surface area contributed by atoms with Crippen molar-refractivity contribution in [2.45, 2.75) is 50.8 Å². The highest BCUT2D eigenvalue weighted by atomic mass is 16.5. The Balaban J connectivity index is 1.58. The molecule has 0 aromatic heterocycles. The van der Waals surface area contributed by atoms with Crippen molar-refractivity contribution in [1.29, 1.82) is 0 Å². The summed E-state index contributed by atoms with van der Waals surface area (Å²) >= 11 is 0. The molecule has 3 aromatic rings. The van der Waals surface area contributed by atoms with Gasteiger partial charge in [0, 0.05) is 32.5 Å². The van der Waals surface area contributed by atoms with Crippen LogP contribution in [0.4, 0.5) is 0 Å². The number of ether oxygens (including phenoxy) is 2. The van der Waals surface area contributed by atoms with Gasteiger partial charge in [0.1, 0.15) is 11.8 Å². The zero-order valence-electron chi connectivity index (χ0n) is 21.5. The smallest absolute Gasteiger partial charge is 0.243 e. The van der Waals surface area contributed by atoms with E-state index in [0.717, 1.165) is 41.9 Å². The summed E-state index contributed by atoms with van der Waals surface area (Å²) in [5, 5.41) is 3.08. The molecule has 37 heavy (non-hydrogen) atoms. The quantitative estimate of drug-likeness (QED) is 0.396. The molecule has 0 spiro atoms. The topological polar surface area (TPSA) is 67.9 Å². The first-order chi connectivity index (χ1) is 18.1. The number of carbonyl (C=O) groups is 2. The van der Waals surface area contributed by atoms with Crippen molar-refractivity contribution in [1.82, 2.24) is 10.2 Å². The van der Waals surface area contributed by atoms with Gasteiger partial charge in [0.25, 0.3) is 0 Å². The maximum absolute atomic E-state index is 13.7. The second-order valence-corrected chi connectivity index (χ2v) is 9.44. The average molecular weight is 501 g/mol. The van der Waals surface area contributed by atoms with E-state index in [2.05, 4.69) is 5.32 Å². The summed E-state index contributed by atoms with van der Waals surface area (Å²) in [4.78, 5) is 29.1. The minimum atomic E-state index is -0.644. The third-order valence-corrected chi connectivity index (χ3v) is 6.78. The number of aryl methyl sites for hydroxylation is 1. The van der Waals surface area contributed by atoms with Crippen LogP contribution in [0.2, 0.25) is 0 Å². The molecule has 1 aliphatic heterocycles. The molecule has 2 amide bonds. The van der Waals surface area contributed by atoms with E-state index in [4.69, 9.17) is 9.47 Å². The Labute approximate surface area is 219 Å². The molecule has 6 heteroatoms. The number of benzene rings is 3. The van der Waals surface area contributed by atoms with Gasteiger partial charge in [0.15, 0.2) is 0 Å². The summed E-state index contributed by atoms with van der Waals surface area (Å²) in [6.45, 7) is 1.52. The Kier molecular flexibility index (Phi) is 9.72.